The van der Waals surface area contributed by atoms with Crippen LogP contribution in [0.2, 0.25) is 0 Å². The average molecular weight is 374 g/mol. The number of carbonyl (C=O) groups excluding carboxylic acids is 1. The van der Waals surface area contributed by atoms with Gasteiger partial charge in [0.05, 0.1) is 11.5 Å². The maximum Gasteiger partial charge on any atom is 0.270 e. The first-order chi connectivity index (χ1) is 12.5. The van der Waals surface area contributed by atoms with Gasteiger partial charge in [-0.15, -0.1) is 0 Å². The van der Waals surface area contributed by atoms with Crippen LogP contribution in [-0.4, -0.2) is 48.4 Å². The second kappa shape index (κ2) is 7.82. The molecule has 0 aliphatic carbocycles. The van der Waals surface area contributed by atoms with E-state index in [4.69, 9.17) is 0 Å². The highest BCUT2D eigenvalue weighted by molar-refractivity contribution is 7.91. The molecule has 1 atom stereocenters. The summed E-state index contributed by atoms with van der Waals surface area (Å²) in [4.78, 5) is 23.1. The molecule has 0 spiro atoms. The van der Waals surface area contributed by atoms with Gasteiger partial charge in [0.1, 0.15) is 5.69 Å². The minimum atomic E-state index is -3.04. The lowest BCUT2D eigenvalue weighted by Crippen LogP contribution is -2.36. The number of amides is 1. The van der Waals surface area contributed by atoms with Crippen molar-refractivity contribution >= 4 is 21.7 Å². The fraction of sp³-hybridized carbons (Fsp3) is 0.389. The number of hydrogen-bond donors (Lipinski definition) is 1. The Morgan fingerprint density at radius 3 is 2.69 bits per heavy atom. The van der Waals surface area contributed by atoms with E-state index >= 15 is 0 Å². The standard InChI is InChI=1S/C18H22N4O3S/c1-2-22(12-14-6-4-3-5-7-14)18-19-10-8-16(21-18)17(23)20-15-9-11-26(24,25)13-15/h3-8,10,15H,2,9,11-13H2,1H3,(H,20,23). The van der Waals surface area contributed by atoms with E-state index in [2.05, 4.69) is 15.3 Å². The number of benzene rings is 1. The van der Waals surface area contributed by atoms with Crippen LogP contribution in [0.5, 0.6) is 0 Å². The first-order valence-corrected chi connectivity index (χ1v) is 10.4. The highest BCUT2D eigenvalue weighted by Crippen LogP contribution is 2.14. The van der Waals surface area contributed by atoms with Crippen LogP contribution < -0.4 is 10.2 Å². The molecule has 2 heterocycles. The maximum absolute atomic E-state index is 12.4. The molecular formula is C18H22N4O3S. The molecule has 1 fully saturated rings. The van der Waals surface area contributed by atoms with E-state index in [1.165, 1.54) is 0 Å². The quantitative estimate of drug-likeness (QED) is 0.822. The lowest BCUT2D eigenvalue weighted by molar-refractivity contribution is 0.0936. The first kappa shape index (κ1) is 18.3. The van der Waals surface area contributed by atoms with E-state index in [0.29, 0.717) is 25.5 Å². The molecule has 1 amide bonds. The molecule has 8 heteroatoms. The van der Waals surface area contributed by atoms with Gasteiger partial charge in [-0.1, -0.05) is 30.3 Å². The summed E-state index contributed by atoms with van der Waals surface area (Å²) in [5.41, 5.74) is 1.37. The third kappa shape index (κ3) is 4.57. The van der Waals surface area contributed by atoms with Crippen LogP contribution in [-0.2, 0) is 16.4 Å². The van der Waals surface area contributed by atoms with Crippen molar-refractivity contribution in [3.05, 3.63) is 53.9 Å². The Morgan fingerprint density at radius 1 is 1.27 bits per heavy atom. The Morgan fingerprint density at radius 2 is 2.04 bits per heavy atom. The van der Waals surface area contributed by atoms with Crippen molar-refractivity contribution in [2.45, 2.75) is 25.9 Å². The average Bonchev–Trinajstić information content (AvgIpc) is 2.99. The van der Waals surface area contributed by atoms with E-state index in [1.807, 2.05) is 42.2 Å². The summed E-state index contributed by atoms with van der Waals surface area (Å²) in [5, 5.41) is 2.76. The monoisotopic (exact) mass is 374 g/mol. The molecular weight excluding hydrogens is 352 g/mol. The van der Waals surface area contributed by atoms with Gasteiger partial charge < -0.3 is 10.2 Å². The van der Waals surface area contributed by atoms with Crippen molar-refractivity contribution in [3.8, 4) is 0 Å². The maximum atomic E-state index is 12.4. The zero-order valence-corrected chi connectivity index (χ0v) is 15.4. The number of anilines is 1. The molecule has 138 valence electrons. The van der Waals surface area contributed by atoms with Gasteiger partial charge in [-0.2, -0.15) is 0 Å². The van der Waals surface area contributed by atoms with Gasteiger partial charge in [-0.3, -0.25) is 4.79 Å². The van der Waals surface area contributed by atoms with Crippen molar-refractivity contribution in [3.63, 3.8) is 0 Å². The normalized spacial score (nSPS) is 18.4. The second-order valence-electron chi connectivity index (χ2n) is 6.32. The lowest BCUT2D eigenvalue weighted by atomic mass is 10.2. The molecule has 2 aromatic rings. The Bertz CT molecular complexity index is 871. The zero-order valence-electron chi connectivity index (χ0n) is 14.6. The van der Waals surface area contributed by atoms with Crippen molar-refractivity contribution in [1.29, 1.82) is 0 Å². The van der Waals surface area contributed by atoms with Crippen molar-refractivity contribution in [2.75, 3.05) is 23.0 Å². The van der Waals surface area contributed by atoms with Gasteiger partial charge in [0.15, 0.2) is 9.84 Å². The molecule has 1 N–H and O–H groups in total. The molecule has 3 rings (SSSR count). The summed E-state index contributed by atoms with van der Waals surface area (Å²) >= 11 is 0. The van der Waals surface area contributed by atoms with Crippen LogP contribution >= 0.6 is 0 Å². The van der Waals surface area contributed by atoms with Gasteiger partial charge >= 0.3 is 0 Å². The van der Waals surface area contributed by atoms with Crippen molar-refractivity contribution in [2.24, 2.45) is 0 Å². The molecule has 0 saturated carbocycles. The fourth-order valence-electron chi connectivity index (χ4n) is 2.92. The van der Waals surface area contributed by atoms with E-state index < -0.39 is 9.84 Å². The third-order valence-corrected chi connectivity index (χ3v) is 6.09. The first-order valence-electron chi connectivity index (χ1n) is 8.60. The van der Waals surface area contributed by atoms with E-state index in [0.717, 1.165) is 5.56 Å². The van der Waals surface area contributed by atoms with Gasteiger partial charge in [0.2, 0.25) is 5.95 Å². The molecule has 1 aliphatic heterocycles. The fourth-order valence-corrected chi connectivity index (χ4v) is 4.60. The van der Waals surface area contributed by atoms with Crippen LogP contribution in [0, 0.1) is 0 Å². The summed E-state index contributed by atoms with van der Waals surface area (Å²) in [6.45, 7) is 3.34. The lowest BCUT2D eigenvalue weighted by Gasteiger charge is -2.21. The zero-order chi connectivity index (χ0) is 18.6. The molecule has 0 bridgehead atoms. The van der Waals surface area contributed by atoms with E-state index in [1.54, 1.807) is 12.3 Å². The second-order valence-corrected chi connectivity index (χ2v) is 8.54. The van der Waals surface area contributed by atoms with Crippen molar-refractivity contribution in [1.82, 2.24) is 15.3 Å². The van der Waals surface area contributed by atoms with Crippen LogP contribution in [0.4, 0.5) is 5.95 Å². The summed E-state index contributed by atoms with van der Waals surface area (Å²) in [6, 6.07) is 11.2. The minimum absolute atomic E-state index is 0.00816. The predicted molar refractivity (Wildman–Crippen MR) is 99.7 cm³/mol. The van der Waals surface area contributed by atoms with E-state index in [-0.39, 0.29) is 29.1 Å². The molecule has 26 heavy (non-hydrogen) atoms. The summed E-state index contributed by atoms with van der Waals surface area (Å²) in [7, 11) is -3.04. The van der Waals surface area contributed by atoms with Crippen LogP contribution in [0.25, 0.3) is 0 Å². The molecule has 1 unspecified atom stereocenters. The Kier molecular flexibility index (Phi) is 5.51. The highest BCUT2D eigenvalue weighted by atomic mass is 32.2. The SMILES string of the molecule is CCN(Cc1ccccc1)c1nccc(C(=O)NC2CCS(=O)(=O)C2)n1. The van der Waals surface area contributed by atoms with Crippen molar-refractivity contribution < 1.29 is 13.2 Å². The van der Waals surface area contributed by atoms with Crippen LogP contribution in [0.15, 0.2) is 42.6 Å². The summed E-state index contributed by atoms with van der Waals surface area (Å²) in [5.74, 6) is 0.217. The largest absolute Gasteiger partial charge is 0.347 e. The molecule has 0 radical (unpaired) electrons. The number of nitrogens with zero attached hydrogens (tertiary/aromatic N) is 3. The summed E-state index contributed by atoms with van der Waals surface area (Å²) < 4.78 is 23.1. The third-order valence-electron chi connectivity index (χ3n) is 4.32. The summed E-state index contributed by atoms with van der Waals surface area (Å²) in [6.07, 6.45) is 2.00. The van der Waals surface area contributed by atoms with Gasteiger partial charge in [0.25, 0.3) is 5.91 Å². The number of sulfone groups is 1. The molecule has 7 nitrogen and oxygen atoms in total. The Hall–Kier alpha value is -2.48. The molecule has 1 aromatic carbocycles. The number of carbonyl (C=O) groups is 1. The van der Waals surface area contributed by atoms with Crippen LogP contribution in [0.1, 0.15) is 29.4 Å². The van der Waals surface area contributed by atoms with Gasteiger partial charge in [0, 0.05) is 25.3 Å². The number of hydrogen-bond acceptors (Lipinski definition) is 6. The molecule has 1 aromatic heterocycles. The number of rotatable bonds is 6. The molecule has 1 saturated heterocycles. The Balaban J connectivity index is 1.71. The van der Waals surface area contributed by atoms with Gasteiger partial charge in [-0.25, -0.2) is 18.4 Å². The number of aromatic nitrogens is 2. The van der Waals surface area contributed by atoms with E-state index in [9.17, 15) is 13.2 Å². The minimum Gasteiger partial charge on any atom is -0.347 e. The molecule has 1 aliphatic rings. The predicted octanol–water partition coefficient (Wildman–Crippen LogP) is 1.42. The smallest absolute Gasteiger partial charge is 0.270 e. The number of nitrogens with one attached hydrogen (secondary N) is 1. The topological polar surface area (TPSA) is 92.3 Å². The van der Waals surface area contributed by atoms with Gasteiger partial charge in [-0.05, 0) is 25.0 Å². The van der Waals surface area contributed by atoms with Crippen LogP contribution in [0.3, 0.4) is 0 Å². The highest BCUT2D eigenvalue weighted by Gasteiger charge is 2.29. The Labute approximate surface area is 153 Å².